The lowest BCUT2D eigenvalue weighted by Crippen LogP contribution is -2.25. The minimum atomic E-state index is -0.363. The molecule has 57 heavy (non-hydrogen) atoms. The fourth-order valence-electron chi connectivity index (χ4n) is 6.08. The predicted octanol–water partition coefficient (Wildman–Crippen LogP) is 7.94. The lowest BCUT2D eigenvalue weighted by molar-refractivity contribution is -0.117. The van der Waals surface area contributed by atoms with Crippen LogP contribution in [0.4, 0.5) is 11.4 Å². The van der Waals surface area contributed by atoms with Crippen LogP contribution in [0.2, 0.25) is 0 Å². The van der Waals surface area contributed by atoms with Crippen LogP contribution < -0.4 is 11.1 Å². The summed E-state index contributed by atoms with van der Waals surface area (Å²) in [6.07, 6.45) is 1.70. The van der Waals surface area contributed by atoms with Crippen LogP contribution in [-0.4, -0.2) is 69.4 Å². The zero-order valence-corrected chi connectivity index (χ0v) is 34.0. The highest BCUT2D eigenvalue weighted by Gasteiger charge is 2.34. The number of fused-ring (bicyclic) bond motifs is 4. The summed E-state index contributed by atoms with van der Waals surface area (Å²) in [5.74, 6) is -1.44. The number of anilines is 2. The number of halogens is 5. The molecule has 4 aromatic carbocycles. The monoisotopic (exact) mass is 870 g/mol. The Balaban J connectivity index is 0.000000221. The van der Waals surface area contributed by atoms with Crippen LogP contribution in [0.3, 0.4) is 0 Å². The Morgan fingerprint density at radius 3 is 1.40 bits per heavy atom. The van der Waals surface area contributed by atoms with E-state index in [4.69, 9.17) is 63.7 Å². The average Bonchev–Trinajstić information content (AvgIpc) is 3.21. The van der Waals surface area contributed by atoms with Crippen molar-refractivity contribution < 1.29 is 38.4 Å². The molecule has 0 bridgehead atoms. The van der Waals surface area contributed by atoms with Crippen LogP contribution in [0, 0.1) is 0 Å². The first-order chi connectivity index (χ1) is 27.3. The second-order valence-corrected chi connectivity index (χ2v) is 14.4. The van der Waals surface area contributed by atoms with Crippen molar-refractivity contribution in [3.63, 3.8) is 0 Å². The van der Waals surface area contributed by atoms with E-state index in [-0.39, 0.29) is 116 Å². The molecule has 1 amide bonds. The van der Waals surface area contributed by atoms with E-state index in [1.54, 1.807) is 66.7 Å². The van der Waals surface area contributed by atoms with Crippen molar-refractivity contribution in [3.8, 4) is 0 Å². The van der Waals surface area contributed by atoms with Crippen molar-refractivity contribution in [2.45, 2.75) is 38.5 Å². The summed E-state index contributed by atoms with van der Waals surface area (Å²) < 4.78 is 0. The molecule has 0 radical (unpaired) electrons. The molecule has 0 fully saturated rings. The number of carbonyl (C=O) groups excluding carboxylic acids is 8. The second kappa shape index (κ2) is 21.2. The molecule has 2 aliphatic rings. The van der Waals surface area contributed by atoms with Gasteiger partial charge in [0.1, 0.15) is 0 Å². The molecular weight excluding hydrogens is 838 g/mol. The number of ketones is 6. The van der Waals surface area contributed by atoms with Crippen molar-refractivity contribution in [3.05, 3.63) is 128 Å². The van der Waals surface area contributed by atoms with Gasteiger partial charge in [-0.15, -0.1) is 46.4 Å². The molecule has 3 N–H and O–H groups in total. The summed E-state index contributed by atoms with van der Waals surface area (Å²) in [6.45, 7) is 0. The van der Waals surface area contributed by atoms with Gasteiger partial charge >= 0.3 is 0 Å². The van der Waals surface area contributed by atoms with Gasteiger partial charge in [-0.1, -0.05) is 60.7 Å². The van der Waals surface area contributed by atoms with Crippen molar-refractivity contribution in [2.24, 2.45) is 0 Å². The van der Waals surface area contributed by atoms with Gasteiger partial charge in [0.25, 0.3) is 0 Å². The van der Waals surface area contributed by atoms with Gasteiger partial charge in [-0.3, -0.25) is 38.4 Å². The van der Waals surface area contributed by atoms with Crippen LogP contribution in [0.25, 0.3) is 0 Å². The number of rotatable bonds is 13. The van der Waals surface area contributed by atoms with Gasteiger partial charge in [0, 0.05) is 76.5 Å². The molecule has 4 aromatic rings. The summed E-state index contributed by atoms with van der Waals surface area (Å²) in [6, 6.07) is 19.5. The van der Waals surface area contributed by atoms with E-state index in [2.05, 4.69) is 5.32 Å². The normalized spacial score (nSPS) is 12.1. The highest BCUT2D eigenvalue weighted by molar-refractivity contribution is 6.63. The van der Waals surface area contributed by atoms with Crippen LogP contribution in [0.5, 0.6) is 0 Å². The Morgan fingerprint density at radius 1 is 0.526 bits per heavy atom. The molecular formula is C42H35Cl5N2O8. The largest absolute Gasteiger partial charge is 0.398 e. The maximum atomic E-state index is 13.1. The summed E-state index contributed by atoms with van der Waals surface area (Å²) in [5.41, 5.74) is 9.50. The number of nitrogens with one attached hydrogen (secondary N) is 1. The molecule has 0 atom stereocenters. The number of hydrogen-bond acceptors (Lipinski definition) is 9. The van der Waals surface area contributed by atoms with Gasteiger partial charge in [-0.25, -0.2) is 0 Å². The molecule has 0 spiro atoms. The van der Waals surface area contributed by atoms with Gasteiger partial charge < -0.3 is 11.1 Å². The van der Waals surface area contributed by atoms with E-state index in [1.165, 1.54) is 6.07 Å². The highest BCUT2D eigenvalue weighted by Crippen LogP contribution is 2.35. The van der Waals surface area contributed by atoms with Crippen LogP contribution in [0.15, 0.2) is 72.8 Å². The summed E-state index contributed by atoms with van der Waals surface area (Å²) >= 11 is 27.0. The summed E-state index contributed by atoms with van der Waals surface area (Å²) in [4.78, 5) is 96.8. The molecule has 0 aliphatic heterocycles. The minimum absolute atomic E-state index is 0.0474. The molecule has 0 aromatic heterocycles. The van der Waals surface area contributed by atoms with Gasteiger partial charge in [0.05, 0.1) is 28.6 Å². The Bertz CT molecular complexity index is 2270. The molecule has 2 aliphatic carbocycles. The standard InChI is InChI=1S/C21H17Cl2NO4.C17H12ClNO3.C4H6Cl2O/c22-9-3-6-17(26)24-19-12(10-13(25)11-23)7-8-16-18(19)21(28)15-5-2-1-4-14(15)20(16)27;18-8-10(20)7-9-5-6-13-14(15(9)19)17(22)12-4-2-1-3-11(12)16(13)21;5-3-1-2-4(6)7/h1-2,4-5,7-8H,3,6,9-11H2,(H,24,26);1-6H,7-8,19H2;1-3H2. The Kier molecular flexibility index (Phi) is 16.7. The number of nitrogen functional groups attached to an aromatic ring is 1. The van der Waals surface area contributed by atoms with Gasteiger partial charge in [-0.05, 0) is 47.7 Å². The first-order valence-electron chi connectivity index (χ1n) is 17.5. The number of amides is 1. The van der Waals surface area contributed by atoms with E-state index < -0.39 is 0 Å². The van der Waals surface area contributed by atoms with Crippen LogP contribution in [-0.2, 0) is 32.0 Å². The number of benzene rings is 4. The van der Waals surface area contributed by atoms with Crippen LogP contribution in [0.1, 0.15) is 100 Å². The van der Waals surface area contributed by atoms with Gasteiger partial charge in [0.2, 0.25) is 11.1 Å². The fourth-order valence-corrected chi connectivity index (χ4v) is 6.67. The maximum absolute atomic E-state index is 13.1. The zero-order valence-electron chi connectivity index (χ0n) is 30.2. The number of nitrogens with two attached hydrogens (primary N) is 1. The number of hydrogen-bond donors (Lipinski definition) is 2. The topological polar surface area (TPSA) is 175 Å². The first kappa shape index (κ1) is 45.0. The number of carbonyl (C=O) groups is 8. The Hall–Kier alpha value is -4.71. The predicted molar refractivity (Wildman–Crippen MR) is 222 cm³/mol. The Labute approximate surface area is 353 Å². The average molecular weight is 873 g/mol. The van der Waals surface area contributed by atoms with E-state index in [0.29, 0.717) is 58.8 Å². The molecule has 296 valence electrons. The fraction of sp³-hybridized carbons (Fsp3) is 0.238. The van der Waals surface area contributed by atoms with E-state index in [9.17, 15) is 38.4 Å². The lowest BCUT2D eigenvalue weighted by atomic mass is 9.81. The number of Topliss-reactive ketones (excluding diaryl/α,β-unsaturated/α-hetero) is 2. The molecule has 15 heteroatoms. The molecule has 0 heterocycles. The number of alkyl halides is 4. The third kappa shape index (κ3) is 10.8. The van der Waals surface area contributed by atoms with Gasteiger partial charge in [0.15, 0.2) is 34.7 Å². The molecule has 0 unspecified atom stereocenters. The van der Waals surface area contributed by atoms with Crippen LogP contribution >= 0.6 is 58.0 Å². The lowest BCUT2D eigenvalue weighted by Gasteiger charge is -2.22. The SMILES string of the molecule is Nc1c(CC(=O)CCl)ccc2c1C(=O)c1ccccc1C2=O.O=C(CCl)Cc1ccc2c(c1NC(=O)CCCCl)C(=O)c1ccccc1C2=O.O=C(Cl)CCCCl. The highest BCUT2D eigenvalue weighted by atomic mass is 35.5. The second-order valence-electron chi connectivity index (χ2n) is 12.7. The molecule has 6 rings (SSSR count). The molecule has 10 nitrogen and oxygen atoms in total. The van der Waals surface area contributed by atoms with E-state index in [1.807, 2.05) is 0 Å². The minimum Gasteiger partial charge on any atom is -0.398 e. The summed E-state index contributed by atoms with van der Waals surface area (Å²) in [5, 5.41) is 2.41. The van der Waals surface area contributed by atoms with Gasteiger partial charge in [-0.2, -0.15) is 0 Å². The van der Waals surface area contributed by atoms with E-state index >= 15 is 0 Å². The molecule has 0 saturated heterocycles. The molecule has 0 saturated carbocycles. The first-order valence-corrected chi connectivity index (χ1v) is 20.0. The summed E-state index contributed by atoms with van der Waals surface area (Å²) in [7, 11) is 0. The van der Waals surface area contributed by atoms with Crippen molar-refractivity contribution in [2.75, 3.05) is 34.6 Å². The van der Waals surface area contributed by atoms with Crippen molar-refractivity contribution >= 4 is 115 Å². The maximum Gasteiger partial charge on any atom is 0.224 e. The van der Waals surface area contributed by atoms with E-state index in [0.717, 1.165) is 0 Å². The van der Waals surface area contributed by atoms with Crippen molar-refractivity contribution in [1.29, 1.82) is 0 Å². The smallest absolute Gasteiger partial charge is 0.224 e. The zero-order chi connectivity index (χ0) is 41.8. The third-order valence-corrected chi connectivity index (χ3v) is 10.1. The Morgan fingerprint density at radius 2 is 0.947 bits per heavy atom. The third-order valence-electron chi connectivity index (χ3n) is 8.79. The van der Waals surface area contributed by atoms with Crippen molar-refractivity contribution in [1.82, 2.24) is 0 Å². The quantitative estimate of drug-likeness (QED) is 0.0664.